The maximum absolute atomic E-state index is 13.3. The van der Waals surface area contributed by atoms with Crippen LogP contribution in [0.4, 0.5) is 19.1 Å². The van der Waals surface area contributed by atoms with Gasteiger partial charge in [-0.3, -0.25) is 0 Å². The van der Waals surface area contributed by atoms with E-state index < -0.39 is 39.3 Å². The average Bonchev–Trinajstić information content (AvgIpc) is 2.92. The number of ether oxygens (including phenoxy) is 2. The standard InChI is InChI=1S/C16H23F3N4O5S/c1-15(24)9-27-8-12(15)28-13-11(16(17,18)19)7-20-14(22-13)21-10-3-5-23(6-4-10)29(2,25)26/h7,10,12,24H,3-6,8-9H2,1-2H3,(H,20,21,22)/t12-,15-/m1/s1. The molecule has 2 aliphatic rings. The number of rotatable bonds is 5. The van der Waals surface area contributed by atoms with E-state index in [-0.39, 0.29) is 25.2 Å². The van der Waals surface area contributed by atoms with Crippen LogP contribution in [0.3, 0.4) is 0 Å². The Kier molecular flexibility index (Phi) is 5.96. The highest BCUT2D eigenvalue weighted by Gasteiger charge is 2.43. The van der Waals surface area contributed by atoms with Gasteiger partial charge in [0.15, 0.2) is 6.10 Å². The second-order valence-electron chi connectivity index (χ2n) is 7.47. The number of piperidine rings is 1. The zero-order valence-corrected chi connectivity index (χ0v) is 16.8. The summed E-state index contributed by atoms with van der Waals surface area (Å²) in [5.74, 6) is -0.760. The molecule has 9 nitrogen and oxygen atoms in total. The Morgan fingerprint density at radius 3 is 2.55 bits per heavy atom. The van der Waals surface area contributed by atoms with Crippen LogP contribution in [0.25, 0.3) is 0 Å². The number of sulfonamides is 1. The van der Waals surface area contributed by atoms with Gasteiger partial charge in [0.25, 0.3) is 0 Å². The fourth-order valence-corrected chi connectivity index (χ4v) is 4.05. The third-order valence-electron chi connectivity index (χ3n) is 4.93. The van der Waals surface area contributed by atoms with Crippen LogP contribution >= 0.6 is 0 Å². The summed E-state index contributed by atoms with van der Waals surface area (Å²) in [6.45, 7) is 1.87. The number of aliphatic hydroxyl groups is 1. The molecule has 2 N–H and O–H groups in total. The summed E-state index contributed by atoms with van der Waals surface area (Å²) in [6.07, 6.45) is -3.08. The topological polar surface area (TPSA) is 114 Å². The van der Waals surface area contributed by atoms with Crippen LogP contribution in [0.1, 0.15) is 25.3 Å². The number of alkyl halides is 3. The SMILES string of the molecule is C[C@@]1(O)COC[C@H]1Oc1nc(NC2CCN(S(C)(=O)=O)CC2)ncc1C(F)(F)F. The lowest BCUT2D eigenvalue weighted by atomic mass is 10.0. The monoisotopic (exact) mass is 440 g/mol. The van der Waals surface area contributed by atoms with Crippen molar-refractivity contribution in [3.63, 3.8) is 0 Å². The molecule has 3 heterocycles. The Hall–Kier alpha value is -1.70. The molecule has 0 spiro atoms. The molecule has 2 saturated heterocycles. The van der Waals surface area contributed by atoms with Gasteiger partial charge in [0.1, 0.15) is 11.2 Å². The van der Waals surface area contributed by atoms with Crippen molar-refractivity contribution in [2.45, 2.75) is 43.7 Å². The number of nitrogens with zero attached hydrogens (tertiary/aromatic N) is 3. The minimum absolute atomic E-state index is 0.0614. The number of nitrogens with one attached hydrogen (secondary N) is 1. The number of halogens is 3. The molecule has 2 fully saturated rings. The van der Waals surface area contributed by atoms with E-state index in [2.05, 4.69) is 15.3 Å². The third kappa shape index (κ3) is 5.27. The van der Waals surface area contributed by atoms with Gasteiger partial charge in [-0.2, -0.15) is 18.2 Å². The molecule has 0 amide bonds. The van der Waals surface area contributed by atoms with Crippen molar-refractivity contribution >= 4 is 16.0 Å². The van der Waals surface area contributed by atoms with Crippen LogP contribution in [-0.4, -0.2) is 78.1 Å². The lowest BCUT2D eigenvalue weighted by Gasteiger charge is -2.30. The predicted octanol–water partition coefficient (Wildman–Crippen LogP) is 0.860. The summed E-state index contributed by atoms with van der Waals surface area (Å²) >= 11 is 0. The molecule has 2 aliphatic heterocycles. The van der Waals surface area contributed by atoms with Gasteiger partial charge >= 0.3 is 6.18 Å². The molecular formula is C16H23F3N4O5S. The second kappa shape index (κ2) is 7.85. The minimum Gasteiger partial charge on any atom is -0.468 e. The van der Waals surface area contributed by atoms with Crippen LogP contribution in [0.15, 0.2) is 6.20 Å². The largest absolute Gasteiger partial charge is 0.468 e. The van der Waals surface area contributed by atoms with Gasteiger partial charge in [-0.1, -0.05) is 0 Å². The molecule has 1 aromatic rings. The van der Waals surface area contributed by atoms with E-state index in [0.29, 0.717) is 32.1 Å². The van der Waals surface area contributed by atoms with Gasteiger partial charge in [0.05, 0.1) is 19.5 Å². The van der Waals surface area contributed by atoms with E-state index in [1.807, 2.05) is 0 Å². The van der Waals surface area contributed by atoms with E-state index >= 15 is 0 Å². The highest BCUT2D eigenvalue weighted by atomic mass is 32.2. The first-order chi connectivity index (χ1) is 13.4. The average molecular weight is 440 g/mol. The zero-order valence-electron chi connectivity index (χ0n) is 15.9. The maximum atomic E-state index is 13.3. The second-order valence-corrected chi connectivity index (χ2v) is 9.45. The molecule has 29 heavy (non-hydrogen) atoms. The first kappa shape index (κ1) is 22.0. The summed E-state index contributed by atoms with van der Waals surface area (Å²) in [6, 6.07) is -0.199. The Labute approximate surface area is 166 Å². The molecule has 0 radical (unpaired) electrons. The summed E-state index contributed by atoms with van der Waals surface area (Å²) < 4.78 is 74.9. The molecule has 1 aromatic heterocycles. The van der Waals surface area contributed by atoms with Crippen molar-refractivity contribution in [3.8, 4) is 5.88 Å². The molecule has 0 saturated carbocycles. The van der Waals surface area contributed by atoms with Crippen molar-refractivity contribution in [3.05, 3.63) is 11.8 Å². The van der Waals surface area contributed by atoms with Gasteiger partial charge in [0.2, 0.25) is 21.9 Å². The molecular weight excluding hydrogens is 417 g/mol. The molecule has 3 rings (SSSR count). The normalized spacial score (nSPS) is 27.2. The van der Waals surface area contributed by atoms with Gasteiger partial charge in [-0.15, -0.1) is 0 Å². The van der Waals surface area contributed by atoms with Gasteiger partial charge in [0, 0.05) is 25.3 Å². The third-order valence-corrected chi connectivity index (χ3v) is 6.23. The van der Waals surface area contributed by atoms with Crippen molar-refractivity contribution in [2.24, 2.45) is 0 Å². The molecule has 2 atom stereocenters. The number of aromatic nitrogens is 2. The minimum atomic E-state index is -4.74. The zero-order chi connectivity index (χ0) is 21.4. The molecule has 0 unspecified atom stereocenters. The van der Waals surface area contributed by atoms with E-state index in [1.165, 1.54) is 11.2 Å². The van der Waals surface area contributed by atoms with Gasteiger partial charge in [-0.25, -0.2) is 17.7 Å². The number of hydrogen-bond donors (Lipinski definition) is 2. The quantitative estimate of drug-likeness (QED) is 0.693. The summed E-state index contributed by atoms with van der Waals surface area (Å²) in [5.41, 5.74) is -2.60. The van der Waals surface area contributed by atoms with E-state index in [1.54, 1.807) is 0 Å². The van der Waals surface area contributed by atoms with Crippen LogP contribution < -0.4 is 10.1 Å². The maximum Gasteiger partial charge on any atom is 0.423 e. The Morgan fingerprint density at radius 2 is 2.03 bits per heavy atom. The van der Waals surface area contributed by atoms with E-state index in [0.717, 1.165) is 6.26 Å². The Bertz CT molecular complexity index is 841. The Morgan fingerprint density at radius 1 is 1.38 bits per heavy atom. The summed E-state index contributed by atoms with van der Waals surface area (Å²) in [5, 5.41) is 13.1. The first-order valence-corrected chi connectivity index (χ1v) is 10.8. The lowest BCUT2D eigenvalue weighted by Crippen LogP contribution is -2.42. The van der Waals surface area contributed by atoms with E-state index in [9.17, 15) is 26.7 Å². The molecule has 164 valence electrons. The Balaban J connectivity index is 1.75. The van der Waals surface area contributed by atoms with Crippen LogP contribution in [0, 0.1) is 0 Å². The van der Waals surface area contributed by atoms with Gasteiger partial charge in [-0.05, 0) is 19.8 Å². The van der Waals surface area contributed by atoms with Gasteiger partial charge < -0.3 is 19.9 Å². The summed E-state index contributed by atoms with van der Waals surface area (Å²) in [7, 11) is -3.28. The van der Waals surface area contributed by atoms with Crippen molar-refractivity contribution in [2.75, 3.05) is 37.9 Å². The number of hydrogen-bond acceptors (Lipinski definition) is 8. The van der Waals surface area contributed by atoms with Crippen molar-refractivity contribution in [1.29, 1.82) is 0 Å². The smallest absolute Gasteiger partial charge is 0.423 e. The van der Waals surface area contributed by atoms with Crippen LogP contribution in [-0.2, 0) is 20.9 Å². The molecule has 13 heteroatoms. The summed E-state index contributed by atoms with van der Waals surface area (Å²) in [4.78, 5) is 7.60. The fraction of sp³-hybridized carbons (Fsp3) is 0.750. The predicted molar refractivity (Wildman–Crippen MR) is 96.0 cm³/mol. The molecule has 0 bridgehead atoms. The lowest BCUT2D eigenvalue weighted by molar-refractivity contribution is -0.140. The van der Waals surface area contributed by atoms with Crippen molar-refractivity contribution < 1.29 is 36.2 Å². The molecule has 0 aromatic carbocycles. The molecule has 0 aliphatic carbocycles. The van der Waals surface area contributed by atoms with Crippen LogP contribution in [0.2, 0.25) is 0 Å². The fourth-order valence-electron chi connectivity index (χ4n) is 3.18. The first-order valence-electron chi connectivity index (χ1n) is 8.99. The van der Waals surface area contributed by atoms with Crippen LogP contribution in [0.5, 0.6) is 5.88 Å². The van der Waals surface area contributed by atoms with Crippen molar-refractivity contribution in [1.82, 2.24) is 14.3 Å². The highest BCUT2D eigenvalue weighted by Crippen LogP contribution is 2.37. The van der Waals surface area contributed by atoms with E-state index in [4.69, 9.17) is 9.47 Å². The highest BCUT2D eigenvalue weighted by molar-refractivity contribution is 7.88. The number of anilines is 1.